The third kappa shape index (κ3) is 2.40. The minimum atomic E-state index is -0.397. The van der Waals surface area contributed by atoms with Crippen LogP contribution < -0.4 is 0 Å². The van der Waals surface area contributed by atoms with Crippen LogP contribution in [0, 0.1) is 0 Å². The molecule has 1 atom stereocenters. The maximum Gasteiger partial charge on any atom is 0.357 e. The summed E-state index contributed by atoms with van der Waals surface area (Å²) in [7, 11) is 3.40. The molecule has 2 heterocycles. The Morgan fingerprint density at radius 3 is 3.25 bits per heavy atom. The van der Waals surface area contributed by atoms with E-state index >= 15 is 0 Å². The average molecular weight is 242 g/mol. The molecule has 6 heteroatoms. The molecule has 0 amide bonds. The van der Waals surface area contributed by atoms with Crippen molar-refractivity contribution < 1.29 is 14.3 Å². The van der Waals surface area contributed by atoms with Crippen LogP contribution in [0.1, 0.15) is 21.6 Å². The number of methoxy groups -OCH3 is 1. The Balaban J connectivity index is 2.09. The van der Waals surface area contributed by atoms with E-state index in [9.17, 15) is 4.79 Å². The van der Waals surface area contributed by atoms with Gasteiger partial charge in [-0.2, -0.15) is 0 Å². The smallest absolute Gasteiger partial charge is 0.357 e. The van der Waals surface area contributed by atoms with E-state index in [1.54, 1.807) is 5.38 Å². The predicted molar refractivity (Wildman–Crippen MR) is 59.6 cm³/mol. The third-order valence-corrected chi connectivity index (χ3v) is 3.40. The second-order valence-electron chi connectivity index (χ2n) is 3.68. The van der Waals surface area contributed by atoms with Crippen molar-refractivity contribution in [2.45, 2.75) is 6.10 Å². The number of hydrogen-bond donors (Lipinski definition) is 0. The number of ether oxygens (including phenoxy) is 2. The molecule has 88 valence electrons. The molecule has 1 aliphatic rings. The molecule has 0 N–H and O–H groups in total. The number of carbonyl (C=O) groups excluding carboxylic acids is 1. The van der Waals surface area contributed by atoms with Gasteiger partial charge in [-0.1, -0.05) is 0 Å². The Morgan fingerprint density at radius 1 is 1.75 bits per heavy atom. The second kappa shape index (κ2) is 4.90. The van der Waals surface area contributed by atoms with Gasteiger partial charge in [-0.15, -0.1) is 11.3 Å². The second-order valence-corrected chi connectivity index (χ2v) is 4.57. The lowest BCUT2D eigenvalue weighted by molar-refractivity contribution is -0.0210. The van der Waals surface area contributed by atoms with Crippen molar-refractivity contribution in [1.29, 1.82) is 0 Å². The number of rotatable bonds is 2. The normalized spacial score (nSPS) is 22.0. The van der Waals surface area contributed by atoms with Crippen molar-refractivity contribution in [3.63, 3.8) is 0 Å². The molecule has 2 rings (SSSR count). The summed E-state index contributed by atoms with van der Waals surface area (Å²) >= 11 is 1.44. The molecule has 1 saturated heterocycles. The van der Waals surface area contributed by atoms with Crippen molar-refractivity contribution in [2.24, 2.45) is 0 Å². The number of aromatic nitrogens is 1. The summed E-state index contributed by atoms with van der Waals surface area (Å²) < 4.78 is 10.2. The number of morpholine rings is 1. The van der Waals surface area contributed by atoms with E-state index in [0.29, 0.717) is 12.3 Å². The number of likely N-dealkylation sites (N-methyl/N-ethyl adjacent to an activating group) is 1. The van der Waals surface area contributed by atoms with Gasteiger partial charge in [0.15, 0.2) is 5.69 Å². The highest BCUT2D eigenvalue weighted by molar-refractivity contribution is 7.09. The quantitative estimate of drug-likeness (QED) is 0.722. The number of hydrogen-bond acceptors (Lipinski definition) is 6. The van der Waals surface area contributed by atoms with Crippen molar-refractivity contribution >= 4 is 17.3 Å². The van der Waals surface area contributed by atoms with E-state index < -0.39 is 5.97 Å². The van der Waals surface area contributed by atoms with Crippen LogP contribution >= 0.6 is 11.3 Å². The van der Waals surface area contributed by atoms with E-state index in [0.717, 1.165) is 18.1 Å². The highest BCUT2D eigenvalue weighted by Crippen LogP contribution is 2.24. The van der Waals surface area contributed by atoms with Gasteiger partial charge in [-0.25, -0.2) is 9.78 Å². The summed E-state index contributed by atoms with van der Waals surface area (Å²) in [5.74, 6) is -0.397. The average Bonchev–Trinajstić information content (AvgIpc) is 2.77. The maximum absolute atomic E-state index is 11.2. The lowest BCUT2D eigenvalue weighted by Gasteiger charge is -2.28. The van der Waals surface area contributed by atoms with Crippen LogP contribution in [0.3, 0.4) is 0 Å². The highest BCUT2D eigenvalue weighted by Gasteiger charge is 2.23. The van der Waals surface area contributed by atoms with Gasteiger partial charge >= 0.3 is 5.97 Å². The van der Waals surface area contributed by atoms with Crippen molar-refractivity contribution in [3.8, 4) is 0 Å². The Bertz CT molecular complexity index is 380. The van der Waals surface area contributed by atoms with Crippen LogP contribution in [0.5, 0.6) is 0 Å². The van der Waals surface area contributed by atoms with Crippen LogP contribution in [-0.2, 0) is 9.47 Å². The van der Waals surface area contributed by atoms with E-state index in [2.05, 4.69) is 14.6 Å². The molecule has 0 aromatic carbocycles. The van der Waals surface area contributed by atoms with Gasteiger partial charge in [-0.05, 0) is 7.05 Å². The van der Waals surface area contributed by atoms with Crippen LogP contribution in [0.25, 0.3) is 0 Å². The standard InChI is InChI=1S/C10H14N2O3S/c1-12-3-4-15-8(5-12)9-11-7(6-16-9)10(13)14-2/h6,8H,3-5H2,1-2H3. The van der Waals surface area contributed by atoms with Crippen molar-refractivity contribution in [1.82, 2.24) is 9.88 Å². The number of carbonyl (C=O) groups is 1. The molecule has 1 fully saturated rings. The van der Waals surface area contributed by atoms with Gasteiger partial charge in [0.2, 0.25) is 0 Å². The fourth-order valence-electron chi connectivity index (χ4n) is 1.56. The predicted octanol–water partition coefficient (Wildman–Crippen LogP) is 0.933. The lowest BCUT2D eigenvalue weighted by atomic mass is 10.3. The molecule has 16 heavy (non-hydrogen) atoms. The van der Waals surface area contributed by atoms with E-state index in [-0.39, 0.29) is 6.10 Å². The summed E-state index contributed by atoms with van der Waals surface area (Å²) in [6.07, 6.45) is -0.0258. The van der Waals surface area contributed by atoms with E-state index in [1.807, 2.05) is 7.05 Å². The topological polar surface area (TPSA) is 51.7 Å². The molecule has 1 aromatic heterocycles. The summed E-state index contributed by atoms with van der Waals surface area (Å²) in [6.45, 7) is 2.45. The Hall–Kier alpha value is -0.980. The van der Waals surface area contributed by atoms with Gasteiger partial charge in [-0.3, -0.25) is 0 Å². The lowest BCUT2D eigenvalue weighted by Crippen LogP contribution is -2.35. The molecule has 0 saturated carbocycles. The minimum absolute atomic E-state index is 0.0258. The van der Waals surface area contributed by atoms with Gasteiger partial charge in [0.25, 0.3) is 0 Å². The summed E-state index contributed by atoms with van der Waals surface area (Å²) in [4.78, 5) is 17.7. The maximum atomic E-state index is 11.2. The first kappa shape index (κ1) is 11.5. The zero-order chi connectivity index (χ0) is 11.5. The first-order chi connectivity index (χ1) is 7.70. The number of nitrogens with zero attached hydrogens (tertiary/aromatic N) is 2. The van der Waals surface area contributed by atoms with Crippen molar-refractivity contribution in [2.75, 3.05) is 33.9 Å². The first-order valence-corrected chi connectivity index (χ1v) is 5.92. The molecule has 0 radical (unpaired) electrons. The molecular weight excluding hydrogens is 228 g/mol. The molecule has 0 aliphatic carbocycles. The Kier molecular flexibility index (Phi) is 3.52. The molecule has 5 nitrogen and oxygen atoms in total. The van der Waals surface area contributed by atoms with Crippen molar-refractivity contribution in [3.05, 3.63) is 16.1 Å². The Labute approximate surface area is 98.0 Å². The molecule has 1 aliphatic heterocycles. The molecule has 1 unspecified atom stereocenters. The number of esters is 1. The Morgan fingerprint density at radius 2 is 2.56 bits per heavy atom. The summed E-state index contributed by atoms with van der Waals surface area (Å²) in [5, 5.41) is 2.55. The van der Waals surface area contributed by atoms with Gasteiger partial charge in [0.05, 0.1) is 13.7 Å². The molecule has 0 spiro atoms. The zero-order valence-corrected chi connectivity index (χ0v) is 10.1. The van der Waals surface area contributed by atoms with E-state index in [4.69, 9.17) is 4.74 Å². The first-order valence-electron chi connectivity index (χ1n) is 5.04. The largest absolute Gasteiger partial charge is 0.464 e. The van der Waals surface area contributed by atoms with E-state index in [1.165, 1.54) is 18.4 Å². The highest BCUT2D eigenvalue weighted by atomic mass is 32.1. The fourth-order valence-corrected chi connectivity index (χ4v) is 2.39. The molecular formula is C10H14N2O3S. The van der Waals surface area contributed by atoms with Gasteiger partial charge in [0, 0.05) is 18.5 Å². The van der Waals surface area contributed by atoms with Crippen LogP contribution in [-0.4, -0.2) is 49.7 Å². The fraction of sp³-hybridized carbons (Fsp3) is 0.600. The zero-order valence-electron chi connectivity index (χ0n) is 9.30. The van der Waals surface area contributed by atoms with Gasteiger partial charge < -0.3 is 14.4 Å². The van der Waals surface area contributed by atoms with Gasteiger partial charge in [0.1, 0.15) is 11.1 Å². The summed E-state index contributed by atoms with van der Waals surface area (Å²) in [5.41, 5.74) is 0.360. The number of thiazole rings is 1. The monoisotopic (exact) mass is 242 g/mol. The van der Waals surface area contributed by atoms with Crippen LogP contribution in [0.2, 0.25) is 0 Å². The summed E-state index contributed by atoms with van der Waals surface area (Å²) in [6, 6.07) is 0. The third-order valence-electron chi connectivity index (χ3n) is 2.46. The molecule has 1 aromatic rings. The SMILES string of the molecule is COC(=O)c1csc(C2CN(C)CCO2)n1. The minimum Gasteiger partial charge on any atom is -0.464 e. The van der Waals surface area contributed by atoms with Crippen LogP contribution in [0.15, 0.2) is 5.38 Å². The molecule has 0 bridgehead atoms. The van der Waals surface area contributed by atoms with Crippen LogP contribution in [0.4, 0.5) is 0 Å².